The number of hydrogen-bond acceptors (Lipinski definition) is 7. The summed E-state index contributed by atoms with van der Waals surface area (Å²) in [5, 5.41) is 14.2. The molecule has 0 aliphatic carbocycles. The lowest BCUT2D eigenvalue weighted by molar-refractivity contribution is 0.0452. The van der Waals surface area contributed by atoms with E-state index >= 15 is 0 Å². The molecule has 132 valence electrons. The Morgan fingerprint density at radius 2 is 2.08 bits per heavy atom. The fourth-order valence-corrected chi connectivity index (χ4v) is 3.07. The first-order valence-electron chi connectivity index (χ1n) is 8.67. The number of aryl methyl sites for hydroxylation is 1. The zero-order valence-electron chi connectivity index (χ0n) is 14.4. The second-order valence-electron chi connectivity index (χ2n) is 6.34. The van der Waals surface area contributed by atoms with E-state index in [1.807, 2.05) is 6.07 Å². The Labute approximate surface area is 142 Å². The maximum absolute atomic E-state index is 10.2. The van der Waals surface area contributed by atoms with Crippen LogP contribution in [0, 0.1) is 0 Å². The van der Waals surface area contributed by atoms with Gasteiger partial charge >= 0.3 is 0 Å². The molecule has 2 aromatic rings. The number of hydrogen-bond donors (Lipinski definition) is 1. The fraction of sp³-hybridized carbons (Fsp3) is 0.647. The second-order valence-corrected chi connectivity index (χ2v) is 6.34. The number of aliphatic hydroxyl groups is 1. The first-order valence-corrected chi connectivity index (χ1v) is 8.67. The summed E-state index contributed by atoms with van der Waals surface area (Å²) in [6.07, 6.45) is 2.89. The van der Waals surface area contributed by atoms with Crippen LogP contribution in [0.1, 0.15) is 49.9 Å². The Balaban J connectivity index is 1.49. The van der Waals surface area contributed by atoms with Gasteiger partial charge in [-0.3, -0.25) is 9.80 Å². The Morgan fingerprint density at radius 1 is 1.29 bits per heavy atom. The molecule has 2 atom stereocenters. The molecule has 0 spiro atoms. The van der Waals surface area contributed by atoms with E-state index in [2.05, 4.69) is 33.8 Å². The lowest BCUT2D eigenvalue weighted by atomic mass is 10.2. The first kappa shape index (κ1) is 17.1. The molecule has 3 heterocycles. The molecule has 0 aromatic carbocycles. The minimum absolute atomic E-state index is 0.125. The fourth-order valence-electron chi connectivity index (χ4n) is 3.07. The third-order valence-electron chi connectivity index (χ3n) is 4.57. The van der Waals surface area contributed by atoms with Gasteiger partial charge in [0.2, 0.25) is 5.89 Å². The number of nitrogens with zero attached hydrogens (tertiary/aromatic N) is 4. The lowest BCUT2D eigenvalue weighted by Crippen LogP contribution is -2.48. The van der Waals surface area contributed by atoms with E-state index in [-0.39, 0.29) is 6.04 Å². The predicted molar refractivity (Wildman–Crippen MR) is 88.4 cm³/mol. The van der Waals surface area contributed by atoms with Gasteiger partial charge in [-0.25, -0.2) is 0 Å². The topological polar surface area (TPSA) is 78.8 Å². The van der Waals surface area contributed by atoms with Crippen LogP contribution >= 0.6 is 0 Å². The van der Waals surface area contributed by atoms with Crippen molar-refractivity contribution < 1.29 is 14.0 Å². The molecule has 1 saturated heterocycles. The Bertz CT molecular complexity index is 605. The van der Waals surface area contributed by atoms with Gasteiger partial charge in [0.1, 0.15) is 11.9 Å². The molecule has 1 aliphatic rings. The summed E-state index contributed by atoms with van der Waals surface area (Å²) in [5.41, 5.74) is 0. The molecule has 1 fully saturated rings. The largest absolute Gasteiger partial charge is 0.467 e. The van der Waals surface area contributed by atoms with E-state index in [4.69, 9.17) is 8.94 Å². The molecular formula is C17H26N4O3. The Kier molecular flexibility index (Phi) is 5.65. The minimum atomic E-state index is -0.573. The van der Waals surface area contributed by atoms with Crippen LogP contribution in [0.15, 0.2) is 27.3 Å². The predicted octanol–water partition coefficient (Wildman–Crippen LogP) is 2.03. The average Bonchev–Trinajstić information content (AvgIpc) is 3.27. The number of β-amino-alcohol motifs (C(OH)–C–C–N with tert-alkyl or cyclic N) is 1. The highest BCUT2D eigenvalue weighted by molar-refractivity contribution is 5.02. The van der Waals surface area contributed by atoms with Crippen molar-refractivity contribution in [1.82, 2.24) is 19.9 Å². The molecule has 3 rings (SSSR count). The zero-order chi connectivity index (χ0) is 16.9. The number of aromatic nitrogens is 2. The zero-order valence-corrected chi connectivity index (χ0v) is 14.4. The van der Waals surface area contributed by atoms with Crippen molar-refractivity contribution in [2.75, 3.05) is 32.7 Å². The summed E-state index contributed by atoms with van der Waals surface area (Å²) >= 11 is 0. The second kappa shape index (κ2) is 7.92. The van der Waals surface area contributed by atoms with Crippen LogP contribution in [0.4, 0.5) is 0 Å². The Morgan fingerprint density at radius 3 is 2.75 bits per heavy atom. The van der Waals surface area contributed by atoms with E-state index in [1.165, 1.54) is 0 Å². The van der Waals surface area contributed by atoms with Crippen molar-refractivity contribution in [2.24, 2.45) is 0 Å². The molecule has 0 radical (unpaired) electrons. The Hall–Kier alpha value is -1.70. The van der Waals surface area contributed by atoms with Crippen LogP contribution in [0.3, 0.4) is 0 Å². The van der Waals surface area contributed by atoms with Gasteiger partial charge in [0.05, 0.1) is 12.3 Å². The lowest BCUT2D eigenvalue weighted by Gasteiger charge is -2.37. The maximum atomic E-state index is 10.2. The molecule has 0 bridgehead atoms. The molecule has 7 nitrogen and oxygen atoms in total. The van der Waals surface area contributed by atoms with Crippen LogP contribution in [0.5, 0.6) is 0 Å². The summed E-state index contributed by atoms with van der Waals surface area (Å²) in [5.74, 6) is 2.11. The number of aliphatic hydroxyl groups excluding tert-OH is 1. The molecule has 1 aliphatic heterocycles. The van der Waals surface area contributed by atoms with Gasteiger partial charge in [0.15, 0.2) is 5.82 Å². The minimum Gasteiger partial charge on any atom is -0.467 e. The quantitative estimate of drug-likeness (QED) is 0.830. The highest BCUT2D eigenvalue weighted by atomic mass is 16.5. The SMILES string of the molecule is CCCc1noc(C(C)N2CCN(CC(O)c3ccco3)CC2)n1. The number of rotatable bonds is 7. The molecule has 2 unspecified atom stereocenters. The standard InChI is InChI=1S/C17H26N4O3/c1-3-5-16-18-17(24-19-16)13(2)21-9-7-20(8-10-21)12-14(22)15-6-4-11-23-15/h4,6,11,13-14,22H,3,5,7-10,12H2,1-2H3. The molecule has 0 saturated carbocycles. The van der Waals surface area contributed by atoms with Crippen molar-refractivity contribution in [1.29, 1.82) is 0 Å². The van der Waals surface area contributed by atoms with E-state index in [0.29, 0.717) is 18.2 Å². The number of furan rings is 1. The molecule has 0 amide bonds. The van der Waals surface area contributed by atoms with Crippen LogP contribution in [0.2, 0.25) is 0 Å². The third-order valence-corrected chi connectivity index (χ3v) is 4.57. The van der Waals surface area contributed by atoms with Gasteiger partial charge in [-0.15, -0.1) is 0 Å². The van der Waals surface area contributed by atoms with E-state index in [0.717, 1.165) is 44.8 Å². The molecular weight excluding hydrogens is 308 g/mol. The highest BCUT2D eigenvalue weighted by Gasteiger charge is 2.27. The summed E-state index contributed by atoms with van der Waals surface area (Å²) < 4.78 is 10.7. The summed E-state index contributed by atoms with van der Waals surface area (Å²) in [4.78, 5) is 9.09. The van der Waals surface area contributed by atoms with Crippen molar-refractivity contribution in [3.05, 3.63) is 35.9 Å². The average molecular weight is 334 g/mol. The number of piperazine rings is 1. The van der Waals surface area contributed by atoms with Crippen LogP contribution in [0.25, 0.3) is 0 Å². The molecule has 1 N–H and O–H groups in total. The van der Waals surface area contributed by atoms with E-state index in [1.54, 1.807) is 12.3 Å². The van der Waals surface area contributed by atoms with Gasteiger partial charge < -0.3 is 14.0 Å². The monoisotopic (exact) mass is 334 g/mol. The maximum Gasteiger partial charge on any atom is 0.243 e. The van der Waals surface area contributed by atoms with Crippen LogP contribution in [-0.4, -0.2) is 57.8 Å². The van der Waals surface area contributed by atoms with Crippen molar-refractivity contribution in [2.45, 2.75) is 38.8 Å². The van der Waals surface area contributed by atoms with Crippen LogP contribution in [-0.2, 0) is 6.42 Å². The van der Waals surface area contributed by atoms with Gasteiger partial charge in [-0.05, 0) is 25.5 Å². The molecule has 24 heavy (non-hydrogen) atoms. The third kappa shape index (κ3) is 4.03. The summed E-state index contributed by atoms with van der Waals surface area (Å²) in [6, 6.07) is 3.74. The van der Waals surface area contributed by atoms with E-state index < -0.39 is 6.10 Å². The normalized spacial score (nSPS) is 19.5. The van der Waals surface area contributed by atoms with Gasteiger partial charge in [0, 0.05) is 39.1 Å². The molecule has 2 aromatic heterocycles. The highest BCUT2D eigenvalue weighted by Crippen LogP contribution is 2.22. The van der Waals surface area contributed by atoms with Crippen molar-refractivity contribution in [3.63, 3.8) is 0 Å². The van der Waals surface area contributed by atoms with Gasteiger partial charge in [0.25, 0.3) is 0 Å². The van der Waals surface area contributed by atoms with Crippen LogP contribution < -0.4 is 0 Å². The van der Waals surface area contributed by atoms with E-state index in [9.17, 15) is 5.11 Å². The molecule has 7 heteroatoms. The van der Waals surface area contributed by atoms with Gasteiger partial charge in [-0.1, -0.05) is 12.1 Å². The first-order chi connectivity index (χ1) is 11.7. The summed E-state index contributed by atoms with van der Waals surface area (Å²) in [6.45, 7) is 8.44. The summed E-state index contributed by atoms with van der Waals surface area (Å²) in [7, 11) is 0. The van der Waals surface area contributed by atoms with Crippen molar-refractivity contribution in [3.8, 4) is 0 Å². The van der Waals surface area contributed by atoms with Gasteiger partial charge in [-0.2, -0.15) is 4.98 Å². The smallest absolute Gasteiger partial charge is 0.243 e. The van der Waals surface area contributed by atoms with Crippen molar-refractivity contribution >= 4 is 0 Å².